The molecule has 0 spiro atoms. The van der Waals surface area contributed by atoms with Gasteiger partial charge in [-0.15, -0.1) is 0 Å². The third-order valence-electron chi connectivity index (χ3n) is 3.48. The van der Waals surface area contributed by atoms with Crippen LogP contribution in [0.15, 0.2) is 54.9 Å². The van der Waals surface area contributed by atoms with Crippen molar-refractivity contribution in [1.82, 2.24) is 9.55 Å². The topological polar surface area (TPSA) is 44.1 Å². The molecule has 3 rings (SSSR count). The first-order chi connectivity index (χ1) is 10.6. The standard InChI is InChI=1S/C17H15ClN2O2/c1-12(13-6-2-3-7-14(13)18)22-17(21)10-20-11-19-15-8-4-5-9-16(15)20/h2-9,11-12H,10H2,1H3. The highest BCUT2D eigenvalue weighted by Gasteiger charge is 2.15. The molecule has 1 heterocycles. The highest BCUT2D eigenvalue weighted by atomic mass is 35.5. The fraction of sp³-hybridized carbons (Fsp3) is 0.176. The van der Waals surface area contributed by atoms with Crippen LogP contribution in [0.3, 0.4) is 0 Å². The normalized spacial score (nSPS) is 12.3. The van der Waals surface area contributed by atoms with Crippen molar-refractivity contribution < 1.29 is 9.53 Å². The monoisotopic (exact) mass is 314 g/mol. The third-order valence-corrected chi connectivity index (χ3v) is 3.82. The Kier molecular flexibility index (Phi) is 4.11. The van der Waals surface area contributed by atoms with Crippen LogP contribution in [0.25, 0.3) is 11.0 Å². The number of esters is 1. The number of imidazole rings is 1. The Balaban J connectivity index is 1.71. The summed E-state index contributed by atoms with van der Waals surface area (Å²) >= 11 is 6.12. The number of aromatic nitrogens is 2. The molecule has 0 aliphatic heterocycles. The van der Waals surface area contributed by atoms with Crippen LogP contribution in [0.4, 0.5) is 0 Å². The molecule has 0 aliphatic rings. The molecular formula is C17H15ClN2O2. The number of hydrogen-bond donors (Lipinski definition) is 0. The average Bonchev–Trinajstić information content (AvgIpc) is 2.91. The van der Waals surface area contributed by atoms with Crippen molar-refractivity contribution in [3.05, 3.63) is 65.4 Å². The van der Waals surface area contributed by atoms with Gasteiger partial charge in [-0.1, -0.05) is 41.9 Å². The van der Waals surface area contributed by atoms with Gasteiger partial charge >= 0.3 is 5.97 Å². The van der Waals surface area contributed by atoms with Crippen LogP contribution in [0.5, 0.6) is 0 Å². The van der Waals surface area contributed by atoms with E-state index in [4.69, 9.17) is 16.3 Å². The molecular weight excluding hydrogens is 300 g/mol. The van der Waals surface area contributed by atoms with Crippen molar-refractivity contribution in [3.8, 4) is 0 Å². The van der Waals surface area contributed by atoms with E-state index in [0.29, 0.717) is 5.02 Å². The van der Waals surface area contributed by atoms with Crippen LogP contribution in [0, 0.1) is 0 Å². The van der Waals surface area contributed by atoms with Crippen LogP contribution >= 0.6 is 11.6 Å². The van der Waals surface area contributed by atoms with Crippen LogP contribution < -0.4 is 0 Å². The number of halogens is 1. The van der Waals surface area contributed by atoms with Crippen molar-refractivity contribution in [2.24, 2.45) is 0 Å². The number of fused-ring (bicyclic) bond motifs is 1. The minimum absolute atomic E-state index is 0.120. The fourth-order valence-electron chi connectivity index (χ4n) is 2.38. The molecule has 0 N–H and O–H groups in total. The summed E-state index contributed by atoms with van der Waals surface area (Å²) in [6.45, 7) is 1.93. The van der Waals surface area contributed by atoms with Gasteiger partial charge in [-0.25, -0.2) is 4.98 Å². The van der Waals surface area contributed by atoms with Crippen molar-refractivity contribution in [1.29, 1.82) is 0 Å². The lowest BCUT2D eigenvalue weighted by Gasteiger charge is -2.15. The van der Waals surface area contributed by atoms with E-state index < -0.39 is 6.10 Å². The van der Waals surface area contributed by atoms with Crippen molar-refractivity contribution in [3.63, 3.8) is 0 Å². The molecule has 1 unspecified atom stereocenters. The summed E-state index contributed by atoms with van der Waals surface area (Å²) in [6, 6.07) is 15.0. The van der Waals surface area contributed by atoms with Gasteiger partial charge in [0.15, 0.2) is 0 Å². The highest BCUT2D eigenvalue weighted by molar-refractivity contribution is 6.31. The summed E-state index contributed by atoms with van der Waals surface area (Å²) < 4.78 is 7.24. The van der Waals surface area contributed by atoms with Gasteiger partial charge in [0.25, 0.3) is 0 Å². The van der Waals surface area contributed by atoms with Crippen molar-refractivity contribution >= 4 is 28.6 Å². The lowest BCUT2D eigenvalue weighted by Crippen LogP contribution is -2.15. The maximum absolute atomic E-state index is 12.1. The summed E-state index contributed by atoms with van der Waals surface area (Å²) in [6.07, 6.45) is 1.25. The molecule has 0 aliphatic carbocycles. The van der Waals surface area contributed by atoms with E-state index in [1.165, 1.54) is 0 Å². The van der Waals surface area contributed by atoms with E-state index in [1.54, 1.807) is 17.0 Å². The molecule has 4 nitrogen and oxygen atoms in total. The zero-order chi connectivity index (χ0) is 15.5. The predicted molar refractivity (Wildman–Crippen MR) is 85.7 cm³/mol. The lowest BCUT2D eigenvalue weighted by atomic mass is 10.1. The molecule has 0 saturated carbocycles. The second-order valence-electron chi connectivity index (χ2n) is 5.01. The molecule has 0 fully saturated rings. The Morgan fingerprint density at radius 3 is 2.77 bits per heavy atom. The largest absolute Gasteiger partial charge is 0.456 e. The van der Waals surface area contributed by atoms with Gasteiger partial charge in [0.05, 0.1) is 17.4 Å². The first kappa shape index (κ1) is 14.6. The van der Waals surface area contributed by atoms with E-state index in [2.05, 4.69) is 4.98 Å². The van der Waals surface area contributed by atoms with Gasteiger partial charge in [-0.3, -0.25) is 4.79 Å². The van der Waals surface area contributed by atoms with E-state index >= 15 is 0 Å². The SMILES string of the molecule is CC(OC(=O)Cn1cnc2ccccc21)c1ccccc1Cl. The number of nitrogens with zero attached hydrogens (tertiary/aromatic N) is 2. The summed E-state index contributed by atoms with van der Waals surface area (Å²) in [5.41, 5.74) is 2.56. The number of benzene rings is 2. The Labute approximate surface area is 133 Å². The van der Waals surface area contributed by atoms with Crippen LogP contribution in [0.1, 0.15) is 18.6 Å². The minimum Gasteiger partial charge on any atom is -0.456 e. The van der Waals surface area contributed by atoms with Crippen molar-refractivity contribution in [2.75, 3.05) is 0 Å². The lowest BCUT2D eigenvalue weighted by molar-refractivity contribution is -0.149. The van der Waals surface area contributed by atoms with E-state index in [9.17, 15) is 4.79 Å². The molecule has 3 aromatic rings. The van der Waals surface area contributed by atoms with Crippen LogP contribution in [0.2, 0.25) is 5.02 Å². The van der Waals surface area contributed by atoms with Crippen molar-refractivity contribution in [2.45, 2.75) is 19.6 Å². The minimum atomic E-state index is -0.393. The number of carbonyl (C=O) groups is 1. The van der Waals surface area contributed by atoms with Gasteiger partial charge in [0.2, 0.25) is 0 Å². The molecule has 0 amide bonds. The molecule has 112 valence electrons. The molecule has 1 aromatic heterocycles. The molecule has 0 saturated heterocycles. The Bertz CT molecular complexity index is 813. The summed E-state index contributed by atoms with van der Waals surface area (Å²) in [4.78, 5) is 16.4. The molecule has 2 aromatic carbocycles. The molecule has 1 atom stereocenters. The maximum Gasteiger partial charge on any atom is 0.326 e. The van der Waals surface area contributed by atoms with Gasteiger partial charge in [-0.2, -0.15) is 0 Å². The third kappa shape index (κ3) is 2.97. The first-order valence-electron chi connectivity index (χ1n) is 6.99. The van der Waals surface area contributed by atoms with E-state index in [-0.39, 0.29) is 12.5 Å². The second-order valence-corrected chi connectivity index (χ2v) is 5.42. The molecule has 0 bridgehead atoms. The Hall–Kier alpha value is -2.33. The number of hydrogen-bond acceptors (Lipinski definition) is 3. The van der Waals surface area contributed by atoms with E-state index in [1.807, 2.05) is 49.4 Å². The van der Waals surface area contributed by atoms with Crippen LogP contribution in [-0.4, -0.2) is 15.5 Å². The maximum atomic E-state index is 12.1. The summed E-state index contributed by atoms with van der Waals surface area (Å²) in [5, 5.41) is 0.593. The molecule has 5 heteroatoms. The van der Waals surface area contributed by atoms with Gasteiger partial charge in [0, 0.05) is 10.6 Å². The smallest absolute Gasteiger partial charge is 0.326 e. The number of ether oxygens (including phenoxy) is 1. The molecule has 22 heavy (non-hydrogen) atoms. The highest BCUT2D eigenvalue weighted by Crippen LogP contribution is 2.25. The zero-order valence-corrected chi connectivity index (χ0v) is 12.8. The van der Waals surface area contributed by atoms with Gasteiger partial charge in [0.1, 0.15) is 12.6 Å². The quantitative estimate of drug-likeness (QED) is 0.684. The summed E-state index contributed by atoms with van der Waals surface area (Å²) in [5.74, 6) is -0.324. The number of carbonyl (C=O) groups excluding carboxylic acids is 1. The molecule has 0 radical (unpaired) electrons. The van der Waals surface area contributed by atoms with Gasteiger partial charge < -0.3 is 9.30 Å². The first-order valence-corrected chi connectivity index (χ1v) is 7.37. The number of para-hydroxylation sites is 2. The van der Waals surface area contributed by atoms with E-state index in [0.717, 1.165) is 16.6 Å². The average molecular weight is 315 g/mol. The number of rotatable bonds is 4. The zero-order valence-electron chi connectivity index (χ0n) is 12.1. The Morgan fingerprint density at radius 1 is 1.23 bits per heavy atom. The Morgan fingerprint density at radius 2 is 1.95 bits per heavy atom. The summed E-state index contributed by atoms with van der Waals surface area (Å²) in [7, 11) is 0. The second kappa shape index (κ2) is 6.20. The van der Waals surface area contributed by atoms with Crippen LogP contribution in [-0.2, 0) is 16.1 Å². The fourth-order valence-corrected chi connectivity index (χ4v) is 2.67. The predicted octanol–water partition coefficient (Wildman–Crippen LogP) is 3.99. The van der Waals surface area contributed by atoms with Gasteiger partial charge in [-0.05, 0) is 25.1 Å².